The van der Waals surface area contributed by atoms with Crippen LogP contribution in [0, 0.1) is 6.92 Å². The smallest absolute Gasteiger partial charge is 0.414 e. The molecule has 1 heterocycles. The lowest BCUT2D eigenvalue weighted by atomic mass is 10.1. The van der Waals surface area contributed by atoms with Gasteiger partial charge in [-0.25, -0.2) is 14.6 Å². The highest BCUT2D eigenvalue weighted by Crippen LogP contribution is 2.27. The third-order valence-corrected chi connectivity index (χ3v) is 4.85. The number of nitrogens with one attached hydrogen (secondary N) is 1. The average Bonchev–Trinajstić information content (AvgIpc) is 3.04. The van der Waals surface area contributed by atoms with Gasteiger partial charge < -0.3 is 20.1 Å². The molecule has 3 rings (SSSR count). The lowest BCUT2D eigenvalue weighted by Gasteiger charge is -2.10. The zero-order valence-corrected chi connectivity index (χ0v) is 17.2. The largest absolute Gasteiger partial charge is 0.473 e. The van der Waals surface area contributed by atoms with Gasteiger partial charge in [0.05, 0.1) is 21.9 Å². The van der Waals surface area contributed by atoms with E-state index in [0.717, 1.165) is 22.8 Å². The first-order valence-electron chi connectivity index (χ1n) is 8.42. The van der Waals surface area contributed by atoms with Crippen molar-refractivity contribution in [1.29, 1.82) is 0 Å². The van der Waals surface area contributed by atoms with Gasteiger partial charge in [-0.05, 0) is 24.1 Å². The van der Waals surface area contributed by atoms with Gasteiger partial charge in [-0.15, -0.1) is 0 Å². The first-order chi connectivity index (χ1) is 13.7. The predicted octanol–water partition coefficient (Wildman–Crippen LogP) is 4.47. The number of carboxylic acid groups (broad SMARTS) is 2. The van der Waals surface area contributed by atoms with Crippen LogP contribution in [0.2, 0.25) is 10.0 Å². The van der Waals surface area contributed by atoms with Gasteiger partial charge in [-0.2, -0.15) is 0 Å². The van der Waals surface area contributed by atoms with Gasteiger partial charge in [0.25, 0.3) is 0 Å². The maximum Gasteiger partial charge on any atom is 0.414 e. The fraction of sp³-hybridized carbons (Fsp3) is 0.150. The highest BCUT2D eigenvalue weighted by atomic mass is 35.5. The van der Waals surface area contributed by atoms with Crippen molar-refractivity contribution < 1.29 is 19.8 Å². The van der Waals surface area contributed by atoms with Gasteiger partial charge >= 0.3 is 11.9 Å². The summed E-state index contributed by atoms with van der Waals surface area (Å²) in [4.78, 5) is 22.7. The second-order valence-corrected chi connectivity index (χ2v) is 6.85. The van der Waals surface area contributed by atoms with Crippen LogP contribution in [0.4, 0.5) is 5.95 Å². The number of rotatable bonds is 4. The Bertz CT molecular complexity index is 1010. The van der Waals surface area contributed by atoms with Crippen LogP contribution in [-0.2, 0) is 23.2 Å². The van der Waals surface area contributed by atoms with Crippen LogP contribution in [0.1, 0.15) is 11.1 Å². The quantitative estimate of drug-likeness (QED) is 0.522. The Labute approximate surface area is 177 Å². The highest BCUT2D eigenvalue weighted by molar-refractivity contribution is 6.42. The molecule has 0 aliphatic carbocycles. The molecule has 3 aromatic rings. The van der Waals surface area contributed by atoms with Crippen molar-refractivity contribution in [3.8, 4) is 11.3 Å². The van der Waals surface area contributed by atoms with Crippen LogP contribution < -0.4 is 5.32 Å². The molecule has 0 aliphatic heterocycles. The van der Waals surface area contributed by atoms with Crippen molar-refractivity contribution in [2.24, 2.45) is 7.05 Å². The van der Waals surface area contributed by atoms with Gasteiger partial charge in [-0.1, -0.05) is 65.2 Å². The Hall–Kier alpha value is -3.03. The van der Waals surface area contributed by atoms with Gasteiger partial charge in [0.15, 0.2) is 0 Å². The minimum Gasteiger partial charge on any atom is -0.473 e. The van der Waals surface area contributed by atoms with Crippen LogP contribution in [-0.4, -0.2) is 31.7 Å². The number of anilines is 1. The highest BCUT2D eigenvalue weighted by Gasteiger charge is 2.10. The Morgan fingerprint density at radius 3 is 2.28 bits per heavy atom. The first kappa shape index (κ1) is 22.3. The molecule has 7 nitrogen and oxygen atoms in total. The summed E-state index contributed by atoms with van der Waals surface area (Å²) in [7, 11) is 1.99. The summed E-state index contributed by atoms with van der Waals surface area (Å²) in [6, 6.07) is 14.0. The molecule has 0 aliphatic rings. The maximum absolute atomic E-state index is 9.10. The molecule has 0 bridgehead atoms. The standard InChI is InChI=1S/C18H17Cl2N3.C2H2O4/c1-12-6-8-13(9-7-12)16-11-22-18(23(16)2)21-10-14-4-3-5-15(19)17(14)20;3-1(4)2(5)6/h3-9,11H,10H2,1-2H3,(H,21,22);(H,3,4)(H,5,6). The van der Waals surface area contributed by atoms with Gasteiger partial charge in [0.2, 0.25) is 5.95 Å². The molecule has 29 heavy (non-hydrogen) atoms. The summed E-state index contributed by atoms with van der Waals surface area (Å²) in [6.45, 7) is 2.65. The zero-order chi connectivity index (χ0) is 21.6. The SMILES string of the molecule is Cc1ccc(-c2cnc(NCc3cccc(Cl)c3Cl)n2C)cc1.O=C(O)C(=O)O. The van der Waals surface area contributed by atoms with E-state index in [-0.39, 0.29) is 0 Å². The minimum atomic E-state index is -1.82. The summed E-state index contributed by atoms with van der Waals surface area (Å²) in [5, 5.41) is 19.2. The summed E-state index contributed by atoms with van der Waals surface area (Å²) < 4.78 is 2.03. The van der Waals surface area contributed by atoms with E-state index in [0.29, 0.717) is 16.6 Å². The molecule has 0 atom stereocenters. The predicted molar refractivity (Wildman–Crippen MR) is 112 cm³/mol. The zero-order valence-electron chi connectivity index (χ0n) is 15.7. The van der Waals surface area contributed by atoms with Crippen molar-refractivity contribution in [2.45, 2.75) is 13.5 Å². The number of aromatic nitrogens is 2. The third kappa shape index (κ3) is 5.97. The third-order valence-electron chi connectivity index (χ3n) is 3.99. The number of nitrogens with zero attached hydrogens (tertiary/aromatic N) is 2. The molecule has 1 aromatic heterocycles. The van der Waals surface area contributed by atoms with Crippen molar-refractivity contribution in [3.63, 3.8) is 0 Å². The number of aryl methyl sites for hydroxylation is 1. The Kier molecular flexibility index (Phi) is 7.64. The molecule has 0 radical (unpaired) electrons. The fourth-order valence-corrected chi connectivity index (χ4v) is 2.81. The summed E-state index contributed by atoms with van der Waals surface area (Å²) in [5.41, 5.74) is 4.38. The van der Waals surface area contributed by atoms with E-state index in [1.807, 2.05) is 29.9 Å². The molecule has 0 unspecified atom stereocenters. The molecule has 9 heteroatoms. The van der Waals surface area contributed by atoms with Crippen LogP contribution >= 0.6 is 23.2 Å². The lowest BCUT2D eigenvalue weighted by molar-refractivity contribution is -0.159. The van der Waals surface area contributed by atoms with E-state index >= 15 is 0 Å². The van der Waals surface area contributed by atoms with Crippen molar-refractivity contribution in [3.05, 3.63) is 69.8 Å². The van der Waals surface area contributed by atoms with Crippen LogP contribution in [0.5, 0.6) is 0 Å². The molecule has 2 aromatic carbocycles. The van der Waals surface area contributed by atoms with Gasteiger partial charge in [0.1, 0.15) is 0 Å². The fourth-order valence-electron chi connectivity index (χ4n) is 2.43. The molecule has 0 amide bonds. The van der Waals surface area contributed by atoms with Crippen molar-refractivity contribution in [1.82, 2.24) is 9.55 Å². The number of imidazole rings is 1. The number of carbonyl (C=O) groups is 2. The number of aliphatic carboxylic acids is 2. The van der Waals surface area contributed by atoms with Gasteiger partial charge in [0, 0.05) is 13.6 Å². The summed E-state index contributed by atoms with van der Waals surface area (Å²) in [5.74, 6) is -2.86. The first-order valence-corrected chi connectivity index (χ1v) is 9.18. The Morgan fingerprint density at radius 1 is 1.07 bits per heavy atom. The second kappa shape index (κ2) is 9.95. The molecule has 0 saturated heterocycles. The molecule has 152 valence electrons. The van der Waals surface area contributed by atoms with Crippen molar-refractivity contribution in [2.75, 3.05) is 5.32 Å². The van der Waals surface area contributed by atoms with E-state index in [1.165, 1.54) is 5.56 Å². The summed E-state index contributed by atoms with van der Waals surface area (Å²) in [6.07, 6.45) is 1.87. The minimum absolute atomic E-state index is 0.561. The Morgan fingerprint density at radius 2 is 1.69 bits per heavy atom. The topological polar surface area (TPSA) is 104 Å². The number of benzene rings is 2. The van der Waals surface area contributed by atoms with Gasteiger partial charge in [-0.3, -0.25) is 0 Å². The molecular formula is C20H19Cl2N3O4. The molecule has 0 spiro atoms. The average molecular weight is 436 g/mol. The number of carboxylic acids is 2. The summed E-state index contributed by atoms with van der Waals surface area (Å²) >= 11 is 12.3. The van der Waals surface area contributed by atoms with E-state index in [9.17, 15) is 0 Å². The van der Waals surface area contributed by atoms with E-state index < -0.39 is 11.9 Å². The Balaban J connectivity index is 0.000000438. The van der Waals surface area contributed by atoms with Crippen LogP contribution in [0.25, 0.3) is 11.3 Å². The van der Waals surface area contributed by atoms with Crippen LogP contribution in [0.3, 0.4) is 0 Å². The molecular weight excluding hydrogens is 417 g/mol. The molecule has 3 N–H and O–H groups in total. The van der Waals surface area contributed by atoms with Crippen molar-refractivity contribution >= 4 is 41.1 Å². The normalized spacial score (nSPS) is 10.1. The van der Waals surface area contributed by atoms with Crippen LogP contribution in [0.15, 0.2) is 48.7 Å². The van der Waals surface area contributed by atoms with E-state index in [2.05, 4.69) is 41.5 Å². The van der Waals surface area contributed by atoms with E-state index in [4.69, 9.17) is 43.0 Å². The van der Waals surface area contributed by atoms with E-state index in [1.54, 1.807) is 6.07 Å². The monoisotopic (exact) mass is 435 g/mol. The number of hydrogen-bond donors (Lipinski definition) is 3. The molecule has 0 saturated carbocycles. The second-order valence-electron chi connectivity index (χ2n) is 6.07. The number of hydrogen-bond acceptors (Lipinski definition) is 4. The lowest BCUT2D eigenvalue weighted by Crippen LogP contribution is -2.09. The molecule has 0 fully saturated rings. The number of halogens is 2. The maximum atomic E-state index is 9.10.